The maximum atomic E-state index is 13.6. The number of ether oxygens (including phenoxy) is 1. The van der Waals surface area contributed by atoms with Gasteiger partial charge in [-0.2, -0.15) is 4.98 Å². The molecule has 2 aromatic carbocycles. The molecule has 0 bridgehead atoms. The topological polar surface area (TPSA) is 37.9 Å². The zero-order chi connectivity index (χ0) is 13.5. The van der Waals surface area contributed by atoms with Crippen molar-refractivity contribution >= 4 is 32.5 Å². The van der Waals surface area contributed by atoms with Crippen molar-refractivity contribution in [2.75, 3.05) is 0 Å². The average Bonchev–Trinajstić information content (AvgIpc) is 3.05. The fourth-order valence-corrected chi connectivity index (χ4v) is 2.98. The van der Waals surface area contributed by atoms with E-state index in [1.165, 1.54) is 17.4 Å². The SMILES string of the molecule is Fc1cccc2sc(Oc3ccc4cc[nH]c4c3)nc12. The molecular formula is C15H9FN2OS. The van der Waals surface area contributed by atoms with E-state index in [1.807, 2.05) is 36.5 Å². The highest BCUT2D eigenvalue weighted by atomic mass is 32.1. The molecule has 1 N–H and O–H groups in total. The molecule has 3 nitrogen and oxygen atoms in total. The van der Waals surface area contributed by atoms with Gasteiger partial charge in [-0.1, -0.05) is 17.4 Å². The molecule has 0 fully saturated rings. The molecule has 0 aliphatic carbocycles. The lowest BCUT2D eigenvalue weighted by molar-refractivity contribution is 0.480. The molecule has 98 valence electrons. The predicted octanol–water partition coefficient (Wildman–Crippen LogP) is 4.71. The molecule has 0 aliphatic heterocycles. The molecule has 20 heavy (non-hydrogen) atoms. The van der Waals surface area contributed by atoms with Crippen LogP contribution in [-0.2, 0) is 0 Å². The Bertz CT molecular complexity index is 912. The van der Waals surface area contributed by atoms with E-state index in [9.17, 15) is 4.39 Å². The van der Waals surface area contributed by atoms with E-state index in [0.29, 0.717) is 16.5 Å². The number of benzene rings is 2. The summed E-state index contributed by atoms with van der Waals surface area (Å²) < 4.78 is 20.1. The number of fused-ring (bicyclic) bond motifs is 2. The molecule has 0 saturated carbocycles. The zero-order valence-electron chi connectivity index (χ0n) is 10.3. The summed E-state index contributed by atoms with van der Waals surface area (Å²) in [4.78, 5) is 7.31. The molecule has 0 saturated heterocycles. The molecule has 0 aliphatic rings. The van der Waals surface area contributed by atoms with Gasteiger partial charge in [0.1, 0.15) is 17.1 Å². The quantitative estimate of drug-likeness (QED) is 0.579. The molecular weight excluding hydrogens is 275 g/mol. The highest BCUT2D eigenvalue weighted by Gasteiger charge is 2.09. The predicted molar refractivity (Wildman–Crippen MR) is 78.0 cm³/mol. The Morgan fingerprint density at radius 1 is 1.15 bits per heavy atom. The Hall–Kier alpha value is -2.40. The number of hydrogen-bond acceptors (Lipinski definition) is 3. The highest BCUT2D eigenvalue weighted by molar-refractivity contribution is 7.20. The van der Waals surface area contributed by atoms with Crippen molar-refractivity contribution in [2.45, 2.75) is 0 Å². The van der Waals surface area contributed by atoms with Gasteiger partial charge >= 0.3 is 0 Å². The van der Waals surface area contributed by atoms with Crippen LogP contribution in [0.5, 0.6) is 10.9 Å². The fraction of sp³-hybridized carbons (Fsp3) is 0. The largest absolute Gasteiger partial charge is 0.431 e. The lowest BCUT2D eigenvalue weighted by Crippen LogP contribution is -1.83. The van der Waals surface area contributed by atoms with Crippen LogP contribution in [0.2, 0.25) is 0 Å². The number of aromatic nitrogens is 2. The van der Waals surface area contributed by atoms with Gasteiger partial charge in [0.25, 0.3) is 5.19 Å². The van der Waals surface area contributed by atoms with Crippen molar-refractivity contribution in [3.8, 4) is 10.9 Å². The van der Waals surface area contributed by atoms with Crippen LogP contribution < -0.4 is 4.74 Å². The minimum absolute atomic E-state index is 0.326. The Morgan fingerprint density at radius 2 is 2.10 bits per heavy atom. The lowest BCUT2D eigenvalue weighted by atomic mass is 10.2. The fourth-order valence-electron chi connectivity index (χ4n) is 2.13. The molecule has 2 heterocycles. The van der Waals surface area contributed by atoms with Gasteiger partial charge < -0.3 is 9.72 Å². The van der Waals surface area contributed by atoms with Crippen molar-refractivity contribution in [2.24, 2.45) is 0 Å². The number of aromatic amines is 1. The van der Waals surface area contributed by atoms with E-state index in [2.05, 4.69) is 9.97 Å². The van der Waals surface area contributed by atoms with Gasteiger partial charge in [-0.15, -0.1) is 0 Å². The summed E-state index contributed by atoms with van der Waals surface area (Å²) in [5.41, 5.74) is 1.35. The molecule has 0 amide bonds. The van der Waals surface area contributed by atoms with E-state index in [1.54, 1.807) is 6.07 Å². The summed E-state index contributed by atoms with van der Waals surface area (Å²) in [6, 6.07) is 12.6. The summed E-state index contributed by atoms with van der Waals surface area (Å²) in [7, 11) is 0. The van der Waals surface area contributed by atoms with Gasteiger partial charge in [-0.25, -0.2) is 4.39 Å². The van der Waals surface area contributed by atoms with Crippen molar-refractivity contribution in [1.82, 2.24) is 9.97 Å². The normalized spacial score (nSPS) is 11.2. The van der Waals surface area contributed by atoms with Gasteiger partial charge in [0, 0.05) is 17.8 Å². The third kappa shape index (κ3) is 1.83. The Morgan fingerprint density at radius 3 is 3.00 bits per heavy atom. The van der Waals surface area contributed by atoms with Crippen molar-refractivity contribution < 1.29 is 9.13 Å². The maximum absolute atomic E-state index is 13.6. The number of nitrogens with one attached hydrogen (secondary N) is 1. The van der Waals surface area contributed by atoms with E-state index in [0.717, 1.165) is 15.6 Å². The average molecular weight is 284 g/mol. The smallest absolute Gasteiger partial charge is 0.279 e. The molecule has 0 radical (unpaired) electrons. The summed E-state index contributed by atoms with van der Waals surface area (Å²) in [5, 5.41) is 1.56. The second kappa shape index (κ2) is 4.31. The molecule has 2 aromatic heterocycles. The number of para-hydroxylation sites is 1. The standard InChI is InChI=1S/C15H9FN2OS/c16-11-2-1-3-13-14(11)18-15(20-13)19-10-5-4-9-6-7-17-12(9)8-10/h1-8,17H. The van der Waals surface area contributed by atoms with Gasteiger partial charge in [-0.3, -0.25) is 0 Å². The van der Waals surface area contributed by atoms with E-state index < -0.39 is 0 Å². The first-order valence-electron chi connectivity index (χ1n) is 6.10. The van der Waals surface area contributed by atoms with Crippen LogP contribution in [0.1, 0.15) is 0 Å². The van der Waals surface area contributed by atoms with Crippen LogP contribution in [0.4, 0.5) is 4.39 Å². The molecule has 4 rings (SSSR count). The number of nitrogens with zero attached hydrogens (tertiary/aromatic N) is 1. The molecule has 4 aromatic rings. The molecule has 0 atom stereocenters. The maximum Gasteiger partial charge on any atom is 0.279 e. The van der Waals surface area contributed by atoms with E-state index in [-0.39, 0.29) is 5.82 Å². The second-order valence-electron chi connectivity index (χ2n) is 4.40. The van der Waals surface area contributed by atoms with Gasteiger partial charge in [0.05, 0.1) is 4.70 Å². The molecule has 5 heteroatoms. The van der Waals surface area contributed by atoms with Crippen LogP contribution >= 0.6 is 11.3 Å². The molecule has 0 spiro atoms. The summed E-state index contributed by atoms with van der Waals surface area (Å²) in [5.74, 6) is 0.354. The minimum Gasteiger partial charge on any atom is -0.431 e. The van der Waals surface area contributed by atoms with E-state index in [4.69, 9.17) is 4.74 Å². The zero-order valence-corrected chi connectivity index (χ0v) is 11.1. The first-order valence-corrected chi connectivity index (χ1v) is 6.91. The first kappa shape index (κ1) is 11.4. The van der Waals surface area contributed by atoms with Crippen LogP contribution in [0.3, 0.4) is 0 Å². The first-order chi connectivity index (χ1) is 9.79. The van der Waals surface area contributed by atoms with Gasteiger partial charge in [0.2, 0.25) is 0 Å². The van der Waals surface area contributed by atoms with Crippen molar-refractivity contribution in [3.05, 3.63) is 54.5 Å². The van der Waals surface area contributed by atoms with Crippen molar-refractivity contribution in [3.63, 3.8) is 0 Å². The van der Waals surface area contributed by atoms with Crippen LogP contribution in [0.25, 0.3) is 21.1 Å². The number of hydrogen-bond donors (Lipinski definition) is 1. The summed E-state index contributed by atoms with van der Waals surface area (Å²) in [6.45, 7) is 0. The number of H-pyrrole nitrogens is 1. The van der Waals surface area contributed by atoms with Crippen LogP contribution in [-0.4, -0.2) is 9.97 Å². The number of thiazole rings is 1. The third-order valence-corrected chi connectivity index (χ3v) is 3.98. The summed E-state index contributed by atoms with van der Waals surface area (Å²) >= 11 is 1.33. The Labute approximate surface area is 117 Å². The Kier molecular flexibility index (Phi) is 2.47. The van der Waals surface area contributed by atoms with Crippen LogP contribution in [0.15, 0.2) is 48.7 Å². The summed E-state index contributed by atoms with van der Waals surface area (Å²) in [6.07, 6.45) is 1.88. The Balaban J connectivity index is 1.74. The number of halogens is 1. The van der Waals surface area contributed by atoms with Crippen LogP contribution in [0, 0.1) is 5.82 Å². The van der Waals surface area contributed by atoms with Gasteiger partial charge in [0.15, 0.2) is 0 Å². The van der Waals surface area contributed by atoms with Gasteiger partial charge in [-0.05, 0) is 35.7 Å². The monoisotopic (exact) mass is 284 g/mol. The minimum atomic E-state index is -0.326. The highest BCUT2D eigenvalue weighted by Crippen LogP contribution is 2.33. The second-order valence-corrected chi connectivity index (χ2v) is 5.39. The van der Waals surface area contributed by atoms with E-state index >= 15 is 0 Å². The number of rotatable bonds is 2. The third-order valence-electron chi connectivity index (χ3n) is 3.08. The van der Waals surface area contributed by atoms with Crippen molar-refractivity contribution in [1.29, 1.82) is 0 Å². The molecule has 0 unspecified atom stereocenters. The lowest BCUT2D eigenvalue weighted by Gasteiger charge is -2.01.